The molecule has 1 aromatic heterocycles. The van der Waals surface area contributed by atoms with Crippen LogP contribution in [0.5, 0.6) is 5.75 Å². The van der Waals surface area contributed by atoms with Crippen LogP contribution >= 0.6 is 39.1 Å². The lowest BCUT2D eigenvalue weighted by molar-refractivity contribution is 0.472. The first-order chi connectivity index (χ1) is 9.97. The van der Waals surface area contributed by atoms with E-state index in [9.17, 15) is 9.90 Å². The molecule has 0 amide bonds. The van der Waals surface area contributed by atoms with Crippen molar-refractivity contribution in [2.24, 2.45) is 0 Å². The summed E-state index contributed by atoms with van der Waals surface area (Å²) >= 11 is 15.4. The minimum Gasteiger partial charge on any atom is -0.507 e. The number of phenols is 1. The van der Waals surface area contributed by atoms with Gasteiger partial charge in [-0.05, 0) is 40.2 Å². The molecule has 3 nitrogen and oxygen atoms in total. The number of rotatable bonds is 1. The van der Waals surface area contributed by atoms with Gasteiger partial charge in [0.25, 0.3) is 0 Å². The number of hydrogen-bond acceptors (Lipinski definition) is 3. The van der Waals surface area contributed by atoms with E-state index in [1.54, 1.807) is 18.2 Å². The fourth-order valence-corrected chi connectivity index (χ4v) is 2.95. The molecule has 0 saturated heterocycles. The molecule has 1 heterocycles. The van der Waals surface area contributed by atoms with Crippen LogP contribution in [-0.2, 0) is 0 Å². The van der Waals surface area contributed by atoms with Gasteiger partial charge in [-0.1, -0.05) is 29.3 Å². The molecular weight excluding hydrogens is 379 g/mol. The van der Waals surface area contributed by atoms with Gasteiger partial charge in [-0.25, -0.2) is 0 Å². The molecule has 106 valence electrons. The Bertz CT molecular complexity index is 919. The van der Waals surface area contributed by atoms with Gasteiger partial charge in [-0.2, -0.15) is 0 Å². The van der Waals surface area contributed by atoms with E-state index in [1.807, 2.05) is 0 Å². The van der Waals surface area contributed by atoms with Crippen LogP contribution in [-0.4, -0.2) is 5.11 Å². The van der Waals surface area contributed by atoms with Gasteiger partial charge in [0.05, 0.1) is 19.9 Å². The summed E-state index contributed by atoms with van der Waals surface area (Å²) in [5, 5.41) is 10.8. The number of hydrogen-bond donors (Lipinski definition) is 1. The Morgan fingerprint density at radius 2 is 1.86 bits per heavy atom. The molecule has 0 aliphatic rings. The van der Waals surface area contributed by atoms with Gasteiger partial charge < -0.3 is 9.52 Å². The van der Waals surface area contributed by atoms with Crippen LogP contribution in [0.15, 0.2) is 50.1 Å². The molecule has 1 N–H and O–H groups in total. The van der Waals surface area contributed by atoms with Gasteiger partial charge in [-0.15, -0.1) is 0 Å². The molecule has 0 fully saturated rings. The van der Waals surface area contributed by atoms with Crippen molar-refractivity contribution in [2.45, 2.75) is 0 Å². The van der Waals surface area contributed by atoms with Gasteiger partial charge in [-0.3, -0.25) is 4.79 Å². The van der Waals surface area contributed by atoms with Gasteiger partial charge >= 0.3 is 0 Å². The first-order valence-corrected chi connectivity index (χ1v) is 7.43. The van der Waals surface area contributed by atoms with E-state index in [0.29, 0.717) is 31.1 Å². The van der Waals surface area contributed by atoms with Crippen molar-refractivity contribution in [3.8, 4) is 17.1 Å². The zero-order chi connectivity index (χ0) is 15.1. The largest absolute Gasteiger partial charge is 0.507 e. The maximum atomic E-state index is 12.2. The molecule has 0 aliphatic heterocycles. The molecule has 2 aromatic carbocycles. The number of aromatic hydroxyl groups is 1. The van der Waals surface area contributed by atoms with E-state index in [4.69, 9.17) is 27.6 Å². The van der Waals surface area contributed by atoms with Crippen molar-refractivity contribution in [2.75, 3.05) is 0 Å². The number of para-hydroxylation sites is 1. The Kier molecular flexibility index (Phi) is 3.69. The Morgan fingerprint density at radius 1 is 1.10 bits per heavy atom. The van der Waals surface area contributed by atoms with Crippen molar-refractivity contribution in [3.63, 3.8) is 0 Å². The molecule has 21 heavy (non-hydrogen) atoms. The zero-order valence-electron chi connectivity index (χ0n) is 10.4. The SMILES string of the molecule is O=c1cc(-c2cc(O)c(Br)cc2Cl)oc2c(Cl)cccc12. The fourth-order valence-electron chi connectivity index (χ4n) is 2.00. The van der Waals surface area contributed by atoms with Crippen LogP contribution < -0.4 is 5.43 Å². The Balaban J connectivity index is 2.34. The van der Waals surface area contributed by atoms with Crippen LogP contribution in [0.2, 0.25) is 10.0 Å². The van der Waals surface area contributed by atoms with Crippen LogP contribution in [0.4, 0.5) is 0 Å². The maximum Gasteiger partial charge on any atom is 0.193 e. The standard InChI is InChI=1S/C15H7BrCl2O3/c16-9-5-11(18)8(4-13(9)20)14-6-12(19)7-2-1-3-10(17)15(7)21-14/h1-6,20H. The Morgan fingerprint density at radius 3 is 2.62 bits per heavy atom. The number of halogens is 3. The second-order valence-electron chi connectivity index (χ2n) is 4.37. The van der Waals surface area contributed by atoms with Gasteiger partial charge in [0.15, 0.2) is 11.0 Å². The van der Waals surface area contributed by atoms with E-state index in [0.717, 1.165) is 0 Å². The van der Waals surface area contributed by atoms with E-state index in [2.05, 4.69) is 15.9 Å². The average molecular weight is 386 g/mol. The van der Waals surface area contributed by atoms with E-state index in [-0.39, 0.29) is 16.9 Å². The van der Waals surface area contributed by atoms with Gasteiger partial charge in [0.1, 0.15) is 11.5 Å². The Labute approximate surface area is 137 Å². The minimum absolute atomic E-state index is 0.00342. The second kappa shape index (κ2) is 5.37. The summed E-state index contributed by atoms with van der Waals surface area (Å²) < 4.78 is 6.15. The molecule has 3 aromatic rings. The molecular formula is C15H7BrCl2O3. The van der Waals surface area contributed by atoms with Crippen LogP contribution in [0.3, 0.4) is 0 Å². The third kappa shape index (κ3) is 2.55. The summed E-state index contributed by atoms with van der Waals surface area (Å²) in [6, 6.07) is 9.23. The highest BCUT2D eigenvalue weighted by molar-refractivity contribution is 9.10. The zero-order valence-corrected chi connectivity index (χ0v) is 13.5. The second-order valence-corrected chi connectivity index (χ2v) is 6.04. The predicted molar refractivity (Wildman–Crippen MR) is 87.3 cm³/mol. The Hall–Kier alpha value is -1.49. The summed E-state index contributed by atoms with van der Waals surface area (Å²) in [6.45, 7) is 0. The molecule has 0 saturated carbocycles. The van der Waals surface area contributed by atoms with Gasteiger partial charge in [0.2, 0.25) is 0 Å². The highest BCUT2D eigenvalue weighted by atomic mass is 79.9. The van der Waals surface area contributed by atoms with Crippen molar-refractivity contribution in [1.29, 1.82) is 0 Å². The van der Waals surface area contributed by atoms with E-state index >= 15 is 0 Å². The quantitative estimate of drug-likeness (QED) is 0.623. The first kappa shape index (κ1) is 14.4. The molecule has 0 aliphatic carbocycles. The third-order valence-corrected chi connectivity index (χ3v) is 4.25. The summed E-state index contributed by atoms with van der Waals surface area (Å²) in [4.78, 5) is 12.2. The highest BCUT2D eigenvalue weighted by Crippen LogP contribution is 2.37. The monoisotopic (exact) mass is 384 g/mol. The topological polar surface area (TPSA) is 50.4 Å². The van der Waals surface area contributed by atoms with Crippen molar-refractivity contribution in [1.82, 2.24) is 0 Å². The summed E-state index contributed by atoms with van der Waals surface area (Å²) in [5.74, 6) is 0.240. The molecule has 0 spiro atoms. The third-order valence-electron chi connectivity index (χ3n) is 3.01. The smallest absolute Gasteiger partial charge is 0.193 e. The van der Waals surface area contributed by atoms with Crippen molar-refractivity contribution >= 4 is 50.1 Å². The summed E-state index contributed by atoms with van der Waals surface area (Å²) in [6.07, 6.45) is 0. The van der Waals surface area contributed by atoms with Gasteiger partial charge in [0, 0.05) is 11.6 Å². The van der Waals surface area contributed by atoms with Crippen LogP contribution in [0.25, 0.3) is 22.3 Å². The first-order valence-electron chi connectivity index (χ1n) is 5.88. The molecule has 3 rings (SSSR count). The summed E-state index contributed by atoms with van der Waals surface area (Å²) in [5.41, 5.74) is 0.476. The predicted octanol–water partition coefficient (Wildman–Crippen LogP) is 5.23. The summed E-state index contributed by atoms with van der Waals surface area (Å²) in [7, 11) is 0. The lowest BCUT2D eigenvalue weighted by Crippen LogP contribution is -2.00. The van der Waals surface area contributed by atoms with Crippen molar-refractivity contribution in [3.05, 3.63) is 61.1 Å². The lowest BCUT2D eigenvalue weighted by Gasteiger charge is -2.07. The highest BCUT2D eigenvalue weighted by Gasteiger charge is 2.14. The maximum absolute atomic E-state index is 12.2. The average Bonchev–Trinajstić information content (AvgIpc) is 2.44. The number of benzene rings is 2. The molecule has 0 atom stereocenters. The molecule has 0 bridgehead atoms. The molecule has 0 unspecified atom stereocenters. The van der Waals surface area contributed by atoms with E-state index in [1.165, 1.54) is 18.2 Å². The van der Waals surface area contributed by atoms with E-state index < -0.39 is 0 Å². The fraction of sp³-hybridized carbons (Fsp3) is 0. The van der Waals surface area contributed by atoms with Crippen molar-refractivity contribution < 1.29 is 9.52 Å². The minimum atomic E-state index is -0.229. The lowest BCUT2D eigenvalue weighted by atomic mass is 10.1. The number of phenolic OH excluding ortho intramolecular Hbond substituents is 1. The normalized spacial score (nSPS) is 11.0. The van der Waals surface area contributed by atoms with Crippen LogP contribution in [0.1, 0.15) is 0 Å². The molecule has 6 heteroatoms. The number of fused-ring (bicyclic) bond motifs is 1. The molecule has 0 radical (unpaired) electrons. The van der Waals surface area contributed by atoms with Crippen LogP contribution in [0, 0.1) is 0 Å².